The molecule has 3 rings (SSSR count). The number of anilines is 2. The van der Waals surface area contributed by atoms with Gasteiger partial charge < -0.3 is 20.7 Å². The molecule has 0 saturated heterocycles. The van der Waals surface area contributed by atoms with Crippen LogP contribution in [0.5, 0.6) is 0 Å². The van der Waals surface area contributed by atoms with Crippen molar-refractivity contribution >= 4 is 57.7 Å². The number of amides is 2. The lowest BCUT2D eigenvalue weighted by molar-refractivity contribution is -0.138. The number of carbonyl (C=O) groups excluding carboxylic acids is 2. The Morgan fingerprint density at radius 2 is 2.06 bits per heavy atom. The van der Waals surface area contributed by atoms with E-state index >= 15 is 0 Å². The second-order valence-corrected chi connectivity index (χ2v) is 9.39. The number of hydrogen-bond donors (Lipinski definition) is 3. The number of ether oxygens (including phenoxy) is 1. The number of rotatable bonds is 9. The summed E-state index contributed by atoms with van der Waals surface area (Å²) >= 11 is 3.09. The maximum Gasteiger partial charge on any atom is 0.337 e. The smallest absolute Gasteiger partial charge is 0.337 e. The Hall–Kier alpha value is -2.38. The molecule has 2 aromatic rings. The second-order valence-electron chi connectivity index (χ2n) is 6.12. The highest BCUT2D eigenvalue weighted by Gasteiger charge is 2.29. The van der Waals surface area contributed by atoms with E-state index in [1.807, 2.05) is 0 Å². The molecule has 1 aliphatic rings. The number of esters is 1. The van der Waals surface area contributed by atoms with Gasteiger partial charge in [0.15, 0.2) is 4.34 Å². The number of nitrogens with one attached hydrogen (secondary N) is 3. The van der Waals surface area contributed by atoms with Crippen LogP contribution >= 0.6 is 34.9 Å². The van der Waals surface area contributed by atoms with Crippen LogP contribution < -0.4 is 16.0 Å². The molecule has 1 aliphatic heterocycles. The van der Waals surface area contributed by atoms with E-state index in [2.05, 4.69) is 26.1 Å². The third-order valence-corrected chi connectivity index (χ3v) is 6.66. The Labute approximate surface area is 189 Å². The summed E-state index contributed by atoms with van der Waals surface area (Å²) in [4.78, 5) is 24.6. The molecule has 1 atom stereocenters. The molecule has 0 spiro atoms. The third-order valence-electron chi connectivity index (χ3n) is 3.94. The van der Waals surface area contributed by atoms with Crippen molar-refractivity contribution in [2.45, 2.75) is 34.9 Å². The van der Waals surface area contributed by atoms with E-state index in [4.69, 9.17) is 4.74 Å². The van der Waals surface area contributed by atoms with Crippen LogP contribution in [0.4, 0.5) is 24.4 Å². The van der Waals surface area contributed by atoms with Gasteiger partial charge in [0.2, 0.25) is 5.13 Å². The number of halogens is 2. The summed E-state index contributed by atoms with van der Waals surface area (Å²) in [6, 6.07) is 5.70. The maximum absolute atomic E-state index is 12.4. The number of aromatic nitrogens is 2. The van der Waals surface area contributed by atoms with Gasteiger partial charge in [-0.2, -0.15) is 8.78 Å². The van der Waals surface area contributed by atoms with Crippen LogP contribution in [0.1, 0.15) is 13.8 Å². The molecule has 0 saturated carbocycles. The van der Waals surface area contributed by atoms with Crippen molar-refractivity contribution in [1.29, 1.82) is 0 Å². The van der Waals surface area contributed by atoms with Gasteiger partial charge in [-0.05, 0) is 38.1 Å². The Morgan fingerprint density at radius 3 is 2.74 bits per heavy atom. The van der Waals surface area contributed by atoms with Crippen molar-refractivity contribution in [3.05, 3.63) is 35.5 Å². The molecule has 1 aromatic carbocycles. The van der Waals surface area contributed by atoms with E-state index in [-0.39, 0.29) is 12.6 Å². The fraction of sp³-hybridized carbons (Fsp3) is 0.333. The molecule has 2 heterocycles. The minimum Gasteiger partial charge on any atom is -0.463 e. The van der Waals surface area contributed by atoms with Crippen molar-refractivity contribution < 1.29 is 23.1 Å². The predicted molar refractivity (Wildman–Crippen MR) is 117 cm³/mol. The average molecular weight is 488 g/mol. The Morgan fingerprint density at radius 1 is 1.32 bits per heavy atom. The van der Waals surface area contributed by atoms with E-state index < -0.39 is 17.8 Å². The minimum absolute atomic E-state index is 0.233. The summed E-state index contributed by atoms with van der Waals surface area (Å²) in [7, 11) is 0. The molecule has 31 heavy (non-hydrogen) atoms. The predicted octanol–water partition coefficient (Wildman–Crippen LogP) is 4.21. The van der Waals surface area contributed by atoms with Gasteiger partial charge in [0.05, 0.1) is 18.2 Å². The number of carbonyl (C=O) groups is 2. The first-order valence-electron chi connectivity index (χ1n) is 9.11. The lowest BCUT2D eigenvalue weighted by Gasteiger charge is -2.26. The van der Waals surface area contributed by atoms with Gasteiger partial charge in [0, 0.05) is 22.0 Å². The first kappa shape index (κ1) is 23.3. The zero-order valence-corrected chi connectivity index (χ0v) is 18.9. The van der Waals surface area contributed by atoms with E-state index in [1.54, 1.807) is 38.1 Å². The first-order valence-corrected chi connectivity index (χ1v) is 11.8. The summed E-state index contributed by atoms with van der Waals surface area (Å²) in [6.07, 6.45) is 0. The number of benzene rings is 1. The van der Waals surface area contributed by atoms with Crippen molar-refractivity contribution in [2.24, 2.45) is 0 Å². The van der Waals surface area contributed by atoms with E-state index in [1.165, 1.54) is 23.1 Å². The van der Waals surface area contributed by atoms with E-state index in [9.17, 15) is 18.4 Å². The summed E-state index contributed by atoms with van der Waals surface area (Å²) in [5, 5.41) is 17.1. The quantitative estimate of drug-likeness (QED) is 0.357. The number of hydrogen-bond acceptors (Lipinski definition) is 9. The molecule has 0 fully saturated rings. The van der Waals surface area contributed by atoms with Gasteiger partial charge >= 0.3 is 12.0 Å². The Bertz CT molecular complexity index is 969. The van der Waals surface area contributed by atoms with E-state index in [0.717, 1.165) is 0 Å². The topological polar surface area (TPSA) is 105 Å². The normalized spacial score (nSPS) is 16.2. The van der Waals surface area contributed by atoms with Gasteiger partial charge in [-0.25, -0.2) is 9.59 Å². The van der Waals surface area contributed by atoms with Crippen molar-refractivity contribution in [3.63, 3.8) is 0 Å². The van der Waals surface area contributed by atoms with Crippen LogP contribution in [0.25, 0.3) is 0 Å². The largest absolute Gasteiger partial charge is 0.463 e. The van der Waals surface area contributed by atoms with Crippen LogP contribution in [0.2, 0.25) is 0 Å². The molecule has 2 amide bonds. The number of nitrogens with zero attached hydrogens (tertiary/aromatic N) is 2. The molecule has 1 unspecified atom stereocenters. The molecule has 0 radical (unpaired) electrons. The van der Waals surface area contributed by atoms with Gasteiger partial charge in [-0.15, -0.1) is 10.2 Å². The molecular weight excluding hydrogens is 468 g/mol. The van der Waals surface area contributed by atoms with Crippen molar-refractivity contribution in [3.8, 4) is 0 Å². The molecular formula is C18H19F2N5O3S3. The fourth-order valence-corrected chi connectivity index (χ4v) is 4.93. The van der Waals surface area contributed by atoms with Crippen molar-refractivity contribution in [1.82, 2.24) is 20.8 Å². The minimum atomic E-state index is -2.46. The highest BCUT2D eigenvalue weighted by atomic mass is 32.2. The molecule has 8 nitrogen and oxygen atoms in total. The highest BCUT2D eigenvalue weighted by molar-refractivity contribution is 8.01. The van der Waals surface area contributed by atoms with Gasteiger partial charge in [-0.3, -0.25) is 0 Å². The SMILES string of the molecule is CCOC(=O)C1=C(CSc2nnc(Nc3ccc(SC(F)F)cc3)s2)NC(=O)NC1C. The summed E-state index contributed by atoms with van der Waals surface area (Å²) in [6.45, 7) is 3.66. The fourth-order valence-electron chi connectivity index (χ4n) is 2.69. The van der Waals surface area contributed by atoms with Gasteiger partial charge in [-0.1, -0.05) is 34.9 Å². The maximum atomic E-state index is 12.4. The lowest BCUT2D eigenvalue weighted by Crippen LogP contribution is -2.49. The molecule has 13 heteroatoms. The van der Waals surface area contributed by atoms with Crippen molar-refractivity contribution in [2.75, 3.05) is 17.7 Å². The van der Waals surface area contributed by atoms with E-state index in [0.29, 0.717) is 48.8 Å². The third kappa shape index (κ3) is 6.55. The van der Waals surface area contributed by atoms with Crippen LogP contribution in [-0.2, 0) is 9.53 Å². The molecule has 0 aliphatic carbocycles. The van der Waals surface area contributed by atoms with Crippen LogP contribution in [0, 0.1) is 0 Å². The Kier molecular flexibility index (Phi) is 8.09. The zero-order valence-electron chi connectivity index (χ0n) is 16.5. The van der Waals surface area contributed by atoms with Gasteiger partial charge in [0.25, 0.3) is 5.76 Å². The summed E-state index contributed by atoms with van der Waals surface area (Å²) in [5.41, 5.74) is 1.54. The van der Waals surface area contributed by atoms with Crippen LogP contribution in [-0.4, -0.2) is 46.4 Å². The van der Waals surface area contributed by atoms with Crippen LogP contribution in [0.3, 0.4) is 0 Å². The second kappa shape index (κ2) is 10.8. The highest BCUT2D eigenvalue weighted by Crippen LogP contribution is 2.31. The number of thioether (sulfide) groups is 2. The summed E-state index contributed by atoms with van der Waals surface area (Å²) in [5.74, 6) is -2.64. The summed E-state index contributed by atoms with van der Waals surface area (Å²) < 4.78 is 30.5. The number of alkyl halides is 2. The first-order chi connectivity index (χ1) is 14.9. The Balaban J connectivity index is 1.64. The average Bonchev–Trinajstić information content (AvgIpc) is 3.14. The standard InChI is InChI=1S/C18H19F2N5O3S3/c1-3-28-14(26)13-9(2)21-16(27)23-12(13)8-29-18-25-24-17(31-18)22-10-4-6-11(7-5-10)30-15(19)20/h4-7,9,15H,3,8H2,1-2H3,(H,22,24)(H2,21,23,27). The molecule has 0 bridgehead atoms. The van der Waals surface area contributed by atoms with Gasteiger partial charge in [0.1, 0.15) is 0 Å². The molecule has 166 valence electrons. The lowest BCUT2D eigenvalue weighted by atomic mass is 10.1. The molecule has 3 N–H and O–H groups in total. The number of urea groups is 1. The zero-order chi connectivity index (χ0) is 22.4. The monoisotopic (exact) mass is 487 g/mol. The van der Waals surface area contributed by atoms with Crippen LogP contribution in [0.15, 0.2) is 44.8 Å². The molecule has 1 aromatic heterocycles.